The lowest BCUT2D eigenvalue weighted by Gasteiger charge is -2.24. The van der Waals surface area contributed by atoms with E-state index in [-0.39, 0.29) is 0 Å². The maximum atomic E-state index is 3.65. The predicted octanol–water partition coefficient (Wildman–Crippen LogP) is 1.91. The molecule has 1 saturated carbocycles. The van der Waals surface area contributed by atoms with Crippen LogP contribution in [0.5, 0.6) is 0 Å². The van der Waals surface area contributed by atoms with Crippen LogP contribution in [0.15, 0.2) is 0 Å². The van der Waals surface area contributed by atoms with Crippen LogP contribution in [0.25, 0.3) is 0 Å². The third kappa shape index (κ3) is 2.71. The molecule has 2 rings (SSSR count). The fraction of sp³-hybridized carbons (Fsp3) is 1.00. The molecule has 0 bridgehead atoms. The third-order valence-electron chi connectivity index (χ3n) is 3.92. The van der Waals surface area contributed by atoms with Gasteiger partial charge in [-0.2, -0.15) is 0 Å². The highest BCUT2D eigenvalue weighted by Crippen LogP contribution is 2.36. The molecule has 2 heteroatoms. The highest BCUT2D eigenvalue weighted by Gasteiger charge is 2.28. The first-order chi connectivity index (χ1) is 6.79. The van der Waals surface area contributed by atoms with Gasteiger partial charge in [0.2, 0.25) is 0 Å². The Morgan fingerprint density at radius 2 is 2.07 bits per heavy atom. The Balaban J connectivity index is 1.61. The number of nitrogens with one attached hydrogen (secondary N) is 2. The Labute approximate surface area is 87.8 Å². The minimum Gasteiger partial charge on any atom is -0.315 e. The van der Waals surface area contributed by atoms with E-state index in [1.54, 1.807) is 0 Å². The molecule has 1 saturated heterocycles. The molecule has 2 nitrogen and oxygen atoms in total. The molecule has 1 aliphatic heterocycles. The zero-order valence-electron chi connectivity index (χ0n) is 9.44. The van der Waals surface area contributed by atoms with Crippen molar-refractivity contribution in [1.29, 1.82) is 0 Å². The first kappa shape index (κ1) is 10.4. The normalized spacial score (nSPS) is 31.1. The van der Waals surface area contributed by atoms with Crippen molar-refractivity contribution in [2.24, 2.45) is 5.41 Å². The van der Waals surface area contributed by atoms with Gasteiger partial charge in [0.15, 0.2) is 0 Å². The van der Waals surface area contributed by atoms with Crippen LogP contribution in [0.1, 0.15) is 45.4 Å². The standard InChI is InChI=1S/C12H24N2/c1-12(6-2-3-7-12)10-13-9-11-5-4-8-14-11/h11,13-14H,2-10H2,1H3. The summed E-state index contributed by atoms with van der Waals surface area (Å²) < 4.78 is 0. The molecule has 0 aromatic rings. The molecule has 0 aromatic carbocycles. The highest BCUT2D eigenvalue weighted by atomic mass is 15.0. The van der Waals surface area contributed by atoms with E-state index in [4.69, 9.17) is 0 Å². The summed E-state index contributed by atoms with van der Waals surface area (Å²) in [4.78, 5) is 0. The molecule has 1 atom stereocenters. The fourth-order valence-electron chi connectivity index (χ4n) is 2.88. The van der Waals surface area contributed by atoms with Crippen LogP contribution >= 0.6 is 0 Å². The molecule has 82 valence electrons. The maximum Gasteiger partial charge on any atom is 0.0192 e. The number of rotatable bonds is 4. The van der Waals surface area contributed by atoms with Crippen LogP contribution < -0.4 is 10.6 Å². The van der Waals surface area contributed by atoms with Crippen LogP contribution in [0.4, 0.5) is 0 Å². The molecule has 1 unspecified atom stereocenters. The van der Waals surface area contributed by atoms with Gasteiger partial charge >= 0.3 is 0 Å². The predicted molar refractivity (Wildman–Crippen MR) is 60.5 cm³/mol. The Hall–Kier alpha value is -0.0800. The van der Waals surface area contributed by atoms with Crippen molar-refractivity contribution in [3.8, 4) is 0 Å². The van der Waals surface area contributed by atoms with E-state index in [2.05, 4.69) is 17.6 Å². The molecule has 2 fully saturated rings. The summed E-state index contributed by atoms with van der Waals surface area (Å²) in [6.07, 6.45) is 8.48. The molecule has 0 aromatic heterocycles. The maximum absolute atomic E-state index is 3.65. The second-order valence-electron chi connectivity index (χ2n) is 5.44. The van der Waals surface area contributed by atoms with Gasteiger partial charge in [0.25, 0.3) is 0 Å². The summed E-state index contributed by atoms with van der Waals surface area (Å²) >= 11 is 0. The van der Waals surface area contributed by atoms with Crippen molar-refractivity contribution >= 4 is 0 Å². The van der Waals surface area contributed by atoms with Crippen LogP contribution in [0, 0.1) is 5.41 Å². The summed E-state index contributed by atoms with van der Waals surface area (Å²) in [5.74, 6) is 0. The quantitative estimate of drug-likeness (QED) is 0.717. The van der Waals surface area contributed by atoms with E-state index >= 15 is 0 Å². The Morgan fingerprint density at radius 3 is 2.71 bits per heavy atom. The monoisotopic (exact) mass is 196 g/mol. The minimum atomic E-state index is 0.610. The van der Waals surface area contributed by atoms with Crippen molar-refractivity contribution in [2.75, 3.05) is 19.6 Å². The molecule has 1 heterocycles. The van der Waals surface area contributed by atoms with Crippen molar-refractivity contribution in [3.63, 3.8) is 0 Å². The first-order valence-corrected chi connectivity index (χ1v) is 6.23. The molecule has 0 amide bonds. The van der Waals surface area contributed by atoms with E-state index < -0.39 is 0 Å². The first-order valence-electron chi connectivity index (χ1n) is 6.23. The minimum absolute atomic E-state index is 0.610. The van der Waals surface area contributed by atoms with Gasteiger partial charge in [-0.1, -0.05) is 19.8 Å². The Bertz CT molecular complexity index is 167. The van der Waals surface area contributed by atoms with Crippen LogP contribution in [0.2, 0.25) is 0 Å². The van der Waals surface area contributed by atoms with Crippen LogP contribution in [-0.2, 0) is 0 Å². The second kappa shape index (κ2) is 4.63. The average Bonchev–Trinajstić information content (AvgIpc) is 2.77. The van der Waals surface area contributed by atoms with Gasteiger partial charge < -0.3 is 10.6 Å². The lowest BCUT2D eigenvalue weighted by molar-refractivity contribution is 0.310. The van der Waals surface area contributed by atoms with Gasteiger partial charge in [0, 0.05) is 19.1 Å². The fourth-order valence-corrected chi connectivity index (χ4v) is 2.88. The summed E-state index contributed by atoms with van der Waals surface area (Å²) in [7, 11) is 0. The summed E-state index contributed by atoms with van der Waals surface area (Å²) in [5, 5.41) is 7.18. The smallest absolute Gasteiger partial charge is 0.0192 e. The molecule has 14 heavy (non-hydrogen) atoms. The van der Waals surface area contributed by atoms with E-state index in [0.29, 0.717) is 5.41 Å². The third-order valence-corrected chi connectivity index (χ3v) is 3.92. The lowest BCUT2D eigenvalue weighted by Crippen LogP contribution is -2.38. The molecular weight excluding hydrogens is 172 g/mol. The van der Waals surface area contributed by atoms with E-state index in [9.17, 15) is 0 Å². The van der Waals surface area contributed by atoms with Crippen LogP contribution in [0.3, 0.4) is 0 Å². The van der Waals surface area contributed by atoms with Crippen molar-refractivity contribution in [3.05, 3.63) is 0 Å². The summed E-state index contributed by atoms with van der Waals surface area (Å²) in [6, 6.07) is 0.750. The van der Waals surface area contributed by atoms with Gasteiger partial charge in [0.1, 0.15) is 0 Å². The highest BCUT2D eigenvalue weighted by molar-refractivity contribution is 4.84. The van der Waals surface area contributed by atoms with Gasteiger partial charge in [-0.15, -0.1) is 0 Å². The molecule has 2 N–H and O–H groups in total. The summed E-state index contributed by atoms with van der Waals surface area (Å²) in [6.45, 7) is 6.07. The van der Waals surface area contributed by atoms with Gasteiger partial charge in [-0.25, -0.2) is 0 Å². The lowest BCUT2D eigenvalue weighted by atomic mass is 9.89. The Morgan fingerprint density at radius 1 is 1.29 bits per heavy atom. The zero-order chi connectivity index (χ0) is 9.86. The average molecular weight is 196 g/mol. The number of hydrogen-bond acceptors (Lipinski definition) is 2. The number of hydrogen-bond donors (Lipinski definition) is 2. The molecule has 0 radical (unpaired) electrons. The summed E-state index contributed by atoms with van der Waals surface area (Å²) in [5.41, 5.74) is 0.610. The largest absolute Gasteiger partial charge is 0.315 e. The molecule has 0 spiro atoms. The molecular formula is C12H24N2. The van der Waals surface area contributed by atoms with Crippen molar-refractivity contribution in [1.82, 2.24) is 10.6 Å². The SMILES string of the molecule is CC1(CNCC2CCCN2)CCCC1. The topological polar surface area (TPSA) is 24.1 Å². The molecule has 1 aliphatic carbocycles. The molecule has 2 aliphatic rings. The van der Waals surface area contributed by atoms with Crippen LogP contribution in [-0.4, -0.2) is 25.7 Å². The van der Waals surface area contributed by atoms with E-state index in [0.717, 1.165) is 6.04 Å². The van der Waals surface area contributed by atoms with Crippen molar-refractivity contribution < 1.29 is 0 Å². The zero-order valence-corrected chi connectivity index (χ0v) is 9.44. The van der Waals surface area contributed by atoms with E-state index in [1.807, 2.05) is 0 Å². The van der Waals surface area contributed by atoms with Gasteiger partial charge in [-0.05, 0) is 37.6 Å². The Kier molecular flexibility index (Phi) is 3.45. The van der Waals surface area contributed by atoms with Gasteiger partial charge in [0.05, 0.1) is 0 Å². The van der Waals surface area contributed by atoms with Gasteiger partial charge in [-0.3, -0.25) is 0 Å². The van der Waals surface area contributed by atoms with E-state index in [1.165, 1.54) is 58.2 Å². The van der Waals surface area contributed by atoms with Crippen molar-refractivity contribution in [2.45, 2.75) is 51.5 Å². The second-order valence-corrected chi connectivity index (χ2v) is 5.44.